The number of pyridine rings is 1. The molecule has 0 spiro atoms. The van der Waals surface area contributed by atoms with Crippen molar-refractivity contribution in [2.45, 2.75) is 18.9 Å². The smallest absolute Gasteiger partial charge is 0.254 e. The van der Waals surface area contributed by atoms with Gasteiger partial charge in [-0.05, 0) is 42.3 Å². The molecule has 2 aromatic rings. The van der Waals surface area contributed by atoms with E-state index in [0.29, 0.717) is 23.0 Å². The van der Waals surface area contributed by atoms with Gasteiger partial charge in [-0.1, -0.05) is 11.6 Å². The van der Waals surface area contributed by atoms with Gasteiger partial charge in [-0.25, -0.2) is 0 Å². The highest BCUT2D eigenvalue weighted by molar-refractivity contribution is 6.32. The molecule has 1 N–H and O–H groups in total. The largest absolute Gasteiger partial charge is 0.393 e. The lowest BCUT2D eigenvalue weighted by Crippen LogP contribution is -2.39. The summed E-state index contributed by atoms with van der Waals surface area (Å²) in [6.45, 7) is 0.657. The number of halogens is 1. The summed E-state index contributed by atoms with van der Waals surface area (Å²) in [7, 11) is 1.79. The molecule has 5 heteroatoms. The van der Waals surface area contributed by atoms with Crippen LogP contribution in [0, 0.1) is 5.92 Å². The predicted octanol–water partition coefficient (Wildman–Crippen LogP) is 2.73. The first-order valence-electron chi connectivity index (χ1n) is 7.01. The molecule has 0 unspecified atom stereocenters. The highest BCUT2D eigenvalue weighted by Crippen LogP contribution is 2.29. The van der Waals surface area contributed by atoms with E-state index in [1.54, 1.807) is 30.4 Å². The van der Waals surface area contributed by atoms with Crippen LogP contribution in [0.2, 0.25) is 5.02 Å². The number of nitrogens with zero attached hydrogens (tertiary/aromatic N) is 2. The van der Waals surface area contributed by atoms with Crippen molar-refractivity contribution < 1.29 is 9.90 Å². The van der Waals surface area contributed by atoms with Crippen molar-refractivity contribution in [2.75, 3.05) is 13.6 Å². The molecule has 1 heterocycles. The van der Waals surface area contributed by atoms with Gasteiger partial charge in [-0.2, -0.15) is 0 Å². The fraction of sp³-hybridized carbons (Fsp3) is 0.375. The number of rotatable bonds is 3. The number of carbonyl (C=O) groups excluding carboxylic acids is 1. The van der Waals surface area contributed by atoms with Crippen molar-refractivity contribution in [1.29, 1.82) is 0 Å². The Hall–Kier alpha value is -1.65. The second-order valence-electron chi connectivity index (χ2n) is 5.73. The zero-order chi connectivity index (χ0) is 15.0. The minimum Gasteiger partial charge on any atom is -0.393 e. The van der Waals surface area contributed by atoms with E-state index in [1.807, 2.05) is 12.1 Å². The molecule has 0 saturated heterocycles. The van der Waals surface area contributed by atoms with Gasteiger partial charge in [0.05, 0.1) is 11.7 Å². The number of fused-ring (bicyclic) bond motifs is 1. The zero-order valence-electron chi connectivity index (χ0n) is 11.8. The van der Waals surface area contributed by atoms with E-state index in [1.165, 1.54) is 0 Å². The molecular weight excluding hydrogens is 288 g/mol. The lowest BCUT2D eigenvalue weighted by atomic mass is 9.82. The number of carbonyl (C=O) groups is 1. The Labute approximate surface area is 128 Å². The van der Waals surface area contributed by atoms with Crippen LogP contribution in [0.15, 0.2) is 30.6 Å². The van der Waals surface area contributed by atoms with E-state index in [9.17, 15) is 9.90 Å². The molecule has 1 fully saturated rings. The van der Waals surface area contributed by atoms with Crippen molar-refractivity contribution in [1.82, 2.24) is 9.88 Å². The Balaban J connectivity index is 1.86. The first-order chi connectivity index (χ1) is 10.0. The van der Waals surface area contributed by atoms with E-state index >= 15 is 0 Å². The van der Waals surface area contributed by atoms with Crippen LogP contribution in [0.25, 0.3) is 10.8 Å². The average molecular weight is 305 g/mol. The molecular formula is C16H17ClN2O2. The van der Waals surface area contributed by atoms with Gasteiger partial charge >= 0.3 is 0 Å². The second-order valence-corrected chi connectivity index (χ2v) is 6.16. The third-order valence-electron chi connectivity index (χ3n) is 4.04. The van der Waals surface area contributed by atoms with E-state index < -0.39 is 0 Å². The minimum absolute atomic E-state index is 0.0584. The lowest BCUT2D eigenvalue weighted by Gasteiger charge is -2.34. The Morgan fingerprint density at radius 2 is 2.24 bits per heavy atom. The number of aromatic nitrogens is 1. The maximum Gasteiger partial charge on any atom is 0.254 e. The van der Waals surface area contributed by atoms with Crippen molar-refractivity contribution in [3.63, 3.8) is 0 Å². The first-order valence-corrected chi connectivity index (χ1v) is 7.39. The molecule has 1 aromatic carbocycles. The predicted molar refractivity (Wildman–Crippen MR) is 82.4 cm³/mol. The molecule has 1 aliphatic carbocycles. The molecule has 3 rings (SSSR count). The molecule has 1 aromatic heterocycles. The van der Waals surface area contributed by atoms with Crippen LogP contribution >= 0.6 is 11.6 Å². The molecule has 0 aliphatic heterocycles. The SMILES string of the molecule is CN(CC1CC(O)C1)C(=O)c1cc(Cl)cc2ccncc12. The van der Waals surface area contributed by atoms with Gasteiger partial charge in [-0.3, -0.25) is 9.78 Å². The minimum atomic E-state index is -0.199. The summed E-state index contributed by atoms with van der Waals surface area (Å²) in [5.74, 6) is 0.328. The summed E-state index contributed by atoms with van der Waals surface area (Å²) >= 11 is 6.11. The monoisotopic (exact) mass is 304 g/mol. The van der Waals surface area contributed by atoms with Crippen LogP contribution in [0.4, 0.5) is 0 Å². The summed E-state index contributed by atoms with van der Waals surface area (Å²) in [5.41, 5.74) is 0.577. The van der Waals surface area contributed by atoms with Gasteiger partial charge in [0.2, 0.25) is 0 Å². The topological polar surface area (TPSA) is 53.4 Å². The van der Waals surface area contributed by atoms with Gasteiger partial charge in [0, 0.05) is 36.4 Å². The fourth-order valence-electron chi connectivity index (χ4n) is 2.86. The van der Waals surface area contributed by atoms with E-state index in [0.717, 1.165) is 23.6 Å². The van der Waals surface area contributed by atoms with E-state index in [4.69, 9.17) is 11.6 Å². The number of amides is 1. The maximum atomic E-state index is 12.6. The maximum absolute atomic E-state index is 12.6. The summed E-state index contributed by atoms with van der Waals surface area (Å²) in [6.07, 6.45) is 4.73. The summed E-state index contributed by atoms with van der Waals surface area (Å²) in [5, 5.41) is 11.6. The number of aliphatic hydroxyl groups is 1. The van der Waals surface area contributed by atoms with E-state index in [-0.39, 0.29) is 12.0 Å². The molecule has 21 heavy (non-hydrogen) atoms. The van der Waals surface area contributed by atoms with Crippen LogP contribution < -0.4 is 0 Å². The van der Waals surface area contributed by atoms with Gasteiger partial charge < -0.3 is 10.0 Å². The molecule has 0 radical (unpaired) electrons. The number of hydrogen-bond acceptors (Lipinski definition) is 3. The quantitative estimate of drug-likeness (QED) is 0.948. The highest BCUT2D eigenvalue weighted by atomic mass is 35.5. The lowest BCUT2D eigenvalue weighted by molar-refractivity contribution is 0.0266. The normalized spacial score (nSPS) is 21.1. The molecule has 1 saturated carbocycles. The van der Waals surface area contributed by atoms with Crippen molar-refractivity contribution in [3.8, 4) is 0 Å². The number of aliphatic hydroxyl groups excluding tert-OH is 1. The first kappa shape index (κ1) is 14.3. The Morgan fingerprint density at radius 1 is 1.48 bits per heavy atom. The van der Waals surface area contributed by atoms with E-state index in [2.05, 4.69) is 4.98 Å². The zero-order valence-corrected chi connectivity index (χ0v) is 12.5. The van der Waals surface area contributed by atoms with Gasteiger partial charge in [-0.15, -0.1) is 0 Å². The molecule has 1 aliphatic rings. The van der Waals surface area contributed by atoms with Gasteiger partial charge in [0.25, 0.3) is 5.91 Å². The van der Waals surface area contributed by atoms with Gasteiger partial charge in [0.15, 0.2) is 0 Å². The fourth-order valence-corrected chi connectivity index (χ4v) is 3.09. The van der Waals surface area contributed by atoms with Crippen LogP contribution in [-0.2, 0) is 0 Å². The summed E-state index contributed by atoms with van der Waals surface area (Å²) in [4.78, 5) is 18.4. The third kappa shape index (κ3) is 2.87. The van der Waals surface area contributed by atoms with Crippen LogP contribution in [-0.4, -0.2) is 40.6 Å². The standard InChI is InChI=1S/C16H17ClN2O2/c1-19(9-10-4-13(20)5-10)16(21)14-7-12(17)6-11-2-3-18-8-15(11)14/h2-3,6-8,10,13,20H,4-5,9H2,1H3. The number of hydrogen-bond donors (Lipinski definition) is 1. The summed E-state index contributed by atoms with van der Waals surface area (Å²) < 4.78 is 0. The average Bonchev–Trinajstić information content (AvgIpc) is 2.43. The van der Waals surface area contributed by atoms with Crippen LogP contribution in [0.3, 0.4) is 0 Å². The van der Waals surface area contributed by atoms with Crippen LogP contribution in [0.1, 0.15) is 23.2 Å². The molecule has 4 nitrogen and oxygen atoms in total. The van der Waals surface area contributed by atoms with Crippen molar-refractivity contribution in [3.05, 3.63) is 41.2 Å². The van der Waals surface area contributed by atoms with Gasteiger partial charge in [0.1, 0.15) is 0 Å². The van der Waals surface area contributed by atoms with Crippen molar-refractivity contribution >= 4 is 28.3 Å². The Morgan fingerprint density at radius 3 is 2.95 bits per heavy atom. The molecule has 110 valence electrons. The Kier molecular flexibility index (Phi) is 3.83. The molecule has 1 amide bonds. The third-order valence-corrected chi connectivity index (χ3v) is 4.26. The highest BCUT2D eigenvalue weighted by Gasteiger charge is 2.29. The second kappa shape index (κ2) is 5.62. The molecule has 0 atom stereocenters. The van der Waals surface area contributed by atoms with Crippen LogP contribution in [0.5, 0.6) is 0 Å². The number of benzene rings is 1. The summed E-state index contributed by atoms with van der Waals surface area (Å²) in [6, 6.07) is 5.37. The van der Waals surface area contributed by atoms with Crippen molar-refractivity contribution in [2.24, 2.45) is 5.92 Å². The Bertz CT molecular complexity index is 683. The molecule has 0 bridgehead atoms.